The Balaban J connectivity index is 2.25. The Labute approximate surface area is 135 Å². The molecule has 128 valence electrons. The van der Waals surface area contributed by atoms with Crippen LogP contribution in [0, 0.1) is 11.6 Å². The summed E-state index contributed by atoms with van der Waals surface area (Å²) in [5, 5.41) is 6.01. The summed E-state index contributed by atoms with van der Waals surface area (Å²) < 4.78 is 31.2. The van der Waals surface area contributed by atoms with Crippen molar-refractivity contribution in [3.63, 3.8) is 0 Å². The zero-order chi connectivity index (χ0) is 17.1. The molecule has 23 heavy (non-hydrogen) atoms. The van der Waals surface area contributed by atoms with Gasteiger partial charge in [-0.2, -0.15) is 0 Å². The number of benzene rings is 1. The van der Waals surface area contributed by atoms with E-state index >= 15 is 0 Å². The Kier molecular flexibility index (Phi) is 8.64. The Hall–Kier alpha value is -2.18. The van der Waals surface area contributed by atoms with Crippen LogP contribution in [0.15, 0.2) is 23.2 Å². The van der Waals surface area contributed by atoms with Gasteiger partial charge >= 0.3 is 5.97 Å². The summed E-state index contributed by atoms with van der Waals surface area (Å²) >= 11 is 0. The average molecular weight is 327 g/mol. The highest BCUT2D eigenvalue weighted by Gasteiger charge is 2.05. The topological polar surface area (TPSA) is 62.7 Å². The molecule has 0 aliphatic carbocycles. The van der Waals surface area contributed by atoms with Crippen molar-refractivity contribution in [1.29, 1.82) is 0 Å². The van der Waals surface area contributed by atoms with Crippen molar-refractivity contribution < 1.29 is 18.3 Å². The van der Waals surface area contributed by atoms with Crippen LogP contribution in [0.2, 0.25) is 0 Å². The average Bonchev–Trinajstić information content (AvgIpc) is 2.56. The van der Waals surface area contributed by atoms with Gasteiger partial charge in [0.2, 0.25) is 0 Å². The van der Waals surface area contributed by atoms with Gasteiger partial charge in [0.25, 0.3) is 0 Å². The first-order chi connectivity index (χ1) is 11.1. The molecule has 2 N–H and O–H groups in total. The van der Waals surface area contributed by atoms with Crippen LogP contribution in [0.4, 0.5) is 8.78 Å². The number of esters is 1. The van der Waals surface area contributed by atoms with E-state index in [4.69, 9.17) is 0 Å². The van der Waals surface area contributed by atoms with Crippen molar-refractivity contribution in [1.82, 2.24) is 10.6 Å². The zero-order valence-electron chi connectivity index (χ0n) is 13.5. The molecule has 0 amide bonds. The third kappa shape index (κ3) is 7.58. The molecule has 0 aliphatic heterocycles. The number of aliphatic imine (C=N–C) groups is 1. The molecule has 0 aliphatic rings. The van der Waals surface area contributed by atoms with E-state index in [-0.39, 0.29) is 18.1 Å². The van der Waals surface area contributed by atoms with Crippen LogP contribution in [0.5, 0.6) is 0 Å². The summed E-state index contributed by atoms with van der Waals surface area (Å²) in [5.74, 6) is -0.622. The number of carbonyl (C=O) groups is 1. The maximum absolute atomic E-state index is 13.5. The number of halogens is 2. The number of nitrogens with one attached hydrogen (secondary N) is 2. The highest BCUT2D eigenvalue weighted by molar-refractivity contribution is 5.79. The molecule has 0 unspecified atom stereocenters. The zero-order valence-corrected chi connectivity index (χ0v) is 13.5. The fourth-order valence-corrected chi connectivity index (χ4v) is 1.96. The van der Waals surface area contributed by atoms with Crippen LogP contribution in [0.25, 0.3) is 0 Å². The molecular weight excluding hydrogens is 304 g/mol. The molecule has 1 rings (SSSR count). The van der Waals surface area contributed by atoms with Crippen molar-refractivity contribution in [3.05, 3.63) is 35.4 Å². The van der Waals surface area contributed by atoms with E-state index in [9.17, 15) is 13.6 Å². The fourth-order valence-electron chi connectivity index (χ4n) is 1.96. The van der Waals surface area contributed by atoms with Gasteiger partial charge in [-0.25, -0.2) is 8.78 Å². The molecule has 0 radical (unpaired) electrons. The van der Waals surface area contributed by atoms with Gasteiger partial charge in [0, 0.05) is 32.1 Å². The van der Waals surface area contributed by atoms with Crippen LogP contribution in [-0.2, 0) is 16.1 Å². The van der Waals surface area contributed by atoms with Gasteiger partial charge in [-0.15, -0.1) is 0 Å². The maximum atomic E-state index is 13.5. The summed E-state index contributed by atoms with van der Waals surface area (Å²) in [6, 6.07) is 3.34. The van der Waals surface area contributed by atoms with E-state index in [1.807, 2.05) is 0 Å². The van der Waals surface area contributed by atoms with Crippen LogP contribution < -0.4 is 10.6 Å². The van der Waals surface area contributed by atoms with Gasteiger partial charge in [-0.3, -0.25) is 9.79 Å². The molecule has 5 nitrogen and oxygen atoms in total. The molecule has 0 bridgehead atoms. The molecule has 0 fully saturated rings. The standard InChI is InChI=1S/C16H23F2N3O2/c1-19-16(20-9-5-3-4-6-15(22)23-2)21-11-12-10-13(17)7-8-14(12)18/h7-8,10H,3-6,9,11H2,1-2H3,(H2,19,20,21). The highest BCUT2D eigenvalue weighted by atomic mass is 19.1. The lowest BCUT2D eigenvalue weighted by Crippen LogP contribution is -2.37. The third-order valence-electron chi connectivity index (χ3n) is 3.26. The molecule has 1 aromatic rings. The second kappa shape index (κ2) is 10.5. The van der Waals surface area contributed by atoms with Gasteiger partial charge < -0.3 is 15.4 Å². The quantitative estimate of drug-likeness (QED) is 0.333. The second-order valence-electron chi connectivity index (χ2n) is 4.98. The minimum atomic E-state index is -0.475. The smallest absolute Gasteiger partial charge is 0.305 e. The summed E-state index contributed by atoms with van der Waals surface area (Å²) in [6.45, 7) is 0.818. The van der Waals surface area contributed by atoms with E-state index in [2.05, 4.69) is 20.4 Å². The number of carbonyl (C=O) groups excluding carboxylic acids is 1. The number of guanidine groups is 1. The molecule has 0 spiro atoms. The number of rotatable bonds is 8. The van der Waals surface area contributed by atoms with E-state index in [1.165, 1.54) is 7.11 Å². The minimum Gasteiger partial charge on any atom is -0.469 e. The first-order valence-corrected chi connectivity index (χ1v) is 7.52. The van der Waals surface area contributed by atoms with Gasteiger partial charge in [-0.05, 0) is 31.0 Å². The molecular formula is C16H23F2N3O2. The lowest BCUT2D eigenvalue weighted by atomic mass is 10.2. The molecule has 1 aromatic carbocycles. The molecule has 0 atom stereocenters. The Morgan fingerprint density at radius 1 is 1.22 bits per heavy atom. The maximum Gasteiger partial charge on any atom is 0.305 e. The van der Waals surface area contributed by atoms with Crippen molar-refractivity contribution >= 4 is 11.9 Å². The third-order valence-corrected chi connectivity index (χ3v) is 3.26. The van der Waals surface area contributed by atoms with Gasteiger partial charge in [0.1, 0.15) is 11.6 Å². The molecule has 7 heteroatoms. The predicted octanol–water partition coefficient (Wildman–Crippen LogP) is 2.36. The second-order valence-corrected chi connectivity index (χ2v) is 4.98. The van der Waals surface area contributed by atoms with Crippen LogP contribution in [-0.4, -0.2) is 32.6 Å². The fraction of sp³-hybridized carbons (Fsp3) is 0.500. The number of unbranched alkanes of at least 4 members (excludes halogenated alkanes) is 2. The SMILES string of the molecule is CN=C(NCCCCCC(=O)OC)NCc1cc(F)ccc1F. The monoisotopic (exact) mass is 327 g/mol. The Morgan fingerprint density at radius 2 is 2.00 bits per heavy atom. The lowest BCUT2D eigenvalue weighted by Gasteiger charge is -2.12. The van der Waals surface area contributed by atoms with Crippen molar-refractivity contribution in [3.8, 4) is 0 Å². The number of nitrogens with zero attached hydrogens (tertiary/aromatic N) is 1. The molecule has 0 saturated heterocycles. The number of hydrogen-bond donors (Lipinski definition) is 2. The van der Waals surface area contributed by atoms with Crippen LogP contribution in [0.3, 0.4) is 0 Å². The van der Waals surface area contributed by atoms with Crippen molar-refractivity contribution in [2.24, 2.45) is 4.99 Å². The molecule has 0 saturated carbocycles. The number of ether oxygens (including phenoxy) is 1. The minimum absolute atomic E-state index is 0.144. The van der Waals surface area contributed by atoms with E-state index < -0.39 is 11.6 Å². The van der Waals surface area contributed by atoms with Crippen molar-refractivity contribution in [2.75, 3.05) is 20.7 Å². The first-order valence-electron chi connectivity index (χ1n) is 7.52. The summed E-state index contributed by atoms with van der Waals surface area (Å²) in [6.07, 6.45) is 2.95. The lowest BCUT2D eigenvalue weighted by molar-refractivity contribution is -0.140. The number of methoxy groups -OCH3 is 1. The Morgan fingerprint density at radius 3 is 2.70 bits per heavy atom. The normalized spacial score (nSPS) is 11.2. The predicted molar refractivity (Wildman–Crippen MR) is 85.0 cm³/mol. The summed E-state index contributed by atoms with van der Waals surface area (Å²) in [5.41, 5.74) is 0.242. The van der Waals surface area contributed by atoms with Gasteiger partial charge in [0.15, 0.2) is 5.96 Å². The van der Waals surface area contributed by atoms with Gasteiger partial charge in [-0.1, -0.05) is 6.42 Å². The largest absolute Gasteiger partial charge is 0.469 e. The van der Waals surface area contributed by atoms with Crippen LogP contribution in [0.1, 0.15) is 31.2 Å². The first kappa shape index (κ1) is 18.9. The summed E-state index contributed by atoms with van der Waals surface area (Å²) in [7, 11) is 2.98. The molecule has 0 heterocycles. The van der Waals surface area contributed by atoms with E-state index in [0.29, 0.717) is 18.9 Å². The van der Waals surface area contributed by atoms with Crippen molar-refractivity contribution in [2.45, 2.75) is 32.2 Å². The number of hydrogen-bond acceptors (Lipinski definition) is 3. The highest BCUT2D eigenvalue weighted by Crippen LogP contribution is 2.09. The summed E-state index contributed by atoms with van der Waals surface area (Å²) in [4.78, 5) is 15.0. The molecule has 0 aromatic heterocycles. The van der Waals surface area contributed by atoms with E-state index in [1.54, 1.807) is 7.05 Å². The van der Waals surface area contributed by atoms with Gasteiger partial charge in [0.05, 0.1) is 7.11 Å². The Bertz CT molecular complexity index is 536. The van der Waals surface area contributed by atoms with E-state index in [0.717, 1.165) is 37.5 Å². The van der Waals surface area contributed by atoms with Crippen LogP contribution >= 0.6 is 0 Å².